The lowest BCUT2D eigenvalue weighted by molar-refractivity contribution is 0.155. The quantitative estimate of drug-likeness (QED) is 0.790. The van der Waals surface area contributed by atoms with Crippen molar-refractivity contribution in [2.24, 2.45) is 0 Å². The lowest BCUT2D eigenvalue weighted by Gasteiger charge is -2.19. The highest BCUT2D eigenvalue weighted by atomic mass is 16.5. The van der Waals surface area contributed by atoms with Crippen LogP contribution in [0.2, 0.25) is 0 Å². The molecule has 2 rings (SSSR count). The van der Waals surface area contributed by atoms with Gasteiger partial charge >= 0.3 is 0 Å². The molecule has 1 unspecified atom stereocenters. The van der Waals surface area contributed by atoms with Gasteiger partial charge in [-0.2, -0.15) is 0 Å². The van der Waals surface area contributed by atoms with Crippen molar-refractivity contribution >= 4 is 11.0 Å². The molecule has 0 saturated heterocycles. The standard InChI is InChI=1S/C16H25N3O/c1-5-6-17-9-14(10-20-4)19-11-18-15-7-12(2)13(3)8-16(15)19/h7-8,11,14,17H,5-6,9-10H2,1-4H3. The van der Waals surface area contributed by atoms with E-state index in [0.717, 1.165) is 25.0 Å². The molecule has 0 saturated carbocycles. The van der Waals surface area contributed by atoms with Gasteiger partial charge in [-0.05, 0) is 50.1 Å². The number of hydrogen-bond acceptors (Lipinski definition) is 3. The van der Waals surface area contributed by atoms with Gasteiger partial charge in [0.25, 0.3) is 0 Å². The van der Waals surface area contributed by atoms with E-state index in [0.29, 0.717) is 6.61 Å². The van der Waals surface area contributed by atoms with E-state index in [2.05, 4.69) is 47.8 Å². The number of methoxy groups -OCH3 is 1. The van der Waals surface area contributed by atoms with E-state index < -0.39 is 0 Å². The first-order valence-electron chi connectivity index (χ1n) is 7.30. The van der Waals surface area contributed by atoms with Gasteiger partial charge in [-0.3, -0.25) is 0 Å². The third kappa shape index (κ3) is 3.19. The van der Waals surface area contributed by atoms with Crippen LogP contribution in [0.15, 0.2) is 18.5 Å². The molecule has 1 atom stereocenters. The summed E-state index contributed by atoms with van der Waals surface area (Å²) in [6.45, 7) is 9.08. The third-order valence-electron chi connectivity index (χ3n) is 3.75. The maximum Gasteiger partial charge on any atom is 0.0962 e. The molecule has 0 radical (unpaired) electrons. The molecule has 0 bridgehead atoms. The number of hydrogen-bond donors (Lipinski definition) is 1. The van der Waals surface area contributed by atoms with Gasteiger partial charge in [0.2, 0.25) is 0 Å². The SMILES string of the molecule is CCCNCC(COC)n1cnc2cc(C)c(C)cc21. The summed E-state index contributed by atoms with van der Waals surface area (Å²) in [5, 5.41) is 3.47. The molecule has 110 valence electrons. The van der Waals surface area contributed by atoms with Crippen molar-refractivity contribution in [1.29, 1.82) is 0 Å². The average molecular weight is 275 g/mol. The van der Waals surface area contributed by atoms with Gasteiger partial charge in [-0.25, -0.2) is 4.98 Å². The summed E-state index contributed by atoms with van der Waals surface area (Å²) in [5.41, 5.74) is 4.84. The zero-order valence-electron chi connectivity index (χ0n) is 12.9. The zero-order valence-corrected chi connectivity index (χ0v) is 12.9. The number of imidazole rings is 1. The predicted octanol–water partition coefficient (Wildman–Crippen LogP) is 2.84. The number of nitrogens with zero attached hydrogens (tertiary/aromatic N) is 2. The van der Waals surface area contributed by atoms with Gasteiger partial charge in [0.1, 0.15) is 0 Å². The first kappa shape index (κ1) is 15.0. The van der Waals surface area contributed by atoms with Crippen LogP contribution in [0.5, 0.6) is 0 Å². The van der Waals surface area contributed by atoms with Crippen LogP contribution >= 0.6 is 0 Å². The van der Waals surface area contributed by atoms with Crippen molar-refractivity contribution in [2.45, 2.75) is 33.2 Å². The fourth-order valence-electron chi connectivity index (χ4n) is 2.45. The normalized spacial score (nSPS) is 13.0. The molecule has 20 heavy (non-hydrogen) atoms. The van der Waals surface area contributed by atoms with Crippen LogP contribution in [0, 0.1) is 13.8 Å². The highest BCUT2D eigenvalue weighted by Crippen LogP contribution is 2.21. The van der Waals surface area contributed by atoms with Gasteiger partial charge < -0.3 is 14.6 Å². The Labute approximate surface area is 121 Å². The lowest BCUT2D eigenvalue weighted by atomic mass is 10.1. The van der Waals surface area contributed by atoms with Gasteiger partial charge in [0, 0.05) is 13.7 Å². The summed E-state index contributed by atoms with van der Waals surface area (Å²) in [5.74, 6) is 0. The second-order valence-electron chi connectivity index (χ2n) is 5.39. The summed E-state index contributed by atoms with van der Waals surface area (Å²) < 4.78 is 7.60. The summed E-state index contributed by atoms with van der Waals surface area (Å²) in [6, 6.07) is 4.66. The van der Waals surface area contributed by atoms with E-state index in [4.69, 9.17) is 4.74 Å². The molecule has 1 aromatic heterocycles. The van der Waals surface area contributed by atoms with E-state index in [-0.39, 0.29) is 6.04 Å². The van der Waals surface area contributed by atoms with Gasteiger partial charge in [-0.1, -0.05) is 6.92 Å². The van der Waals surface area contributed by atoms with Crippen LogP contribution < -0.4 is 5.32 Å². The molecule has 0 aliphatic heterocycles. The van der Waals surface area contributed by atoms with Crippen molar-refractivity contribution < 1.29 is 4.74 Å². The van der Waals surface area contributed by atoms with E-state index in [1.165, 1.54) is 16.6 Å². The Bertz CT molecular complexity index is 562. The number of aryl methyl sites for hydroxylation is 2. The molecule has 0 fully saturated rings. The van der Waals surface area contributed by atoms with Crippen molar-refractivity contribution in [3.8, 4) is 0 Å². The van der Waals surface area contributed by atoms with Crippen molar-refractivity contribution in [2.75, 3.05) is 26.8 Å². The van der Waals surface area contributed by atoms with Gasteiger partial charge in [-0.15, -0.1) is 0 Å². The maximum atomic E-state index is 5.37. The minimum Gasteiger partial charge on any atom is -0.382 e. The molecule has 4 heteroatoms. The van der Waals surface area contributed by atoms with E-state index in [1.54, 1.807) is 7.11 Å². The van der Waals surface area contributed by atoms with Crippen LogP contribution in [0.25, 0.3) is 11.0 Å². The smallest absolute Gasteiger partial charge is 0.0962 e. The Morgan fingerprint density at radius 2 is 2.05 bits per heavy atom. The molecular formula is C16H25N3O. The highest BCUT2D eigenvalue weighted by molar-refractivity contribution is 5.77. The second-order valence-corrected chi connectivity index (χ2v) is 5.39. The van der Waals surface area contributed by atoms with Crippen LogP contribution in [-0.4, -0.2) is 36.4 Å². The predicted molar refractivity (Wildman–Crippen MR) is 83.3 cm³/mol. The van der Waals surface area contributed by atoms with Crippen molar-refractivity contribution in [3.05, 3.63) is 29.6 Å². The second kappa shape index (κ2) is 6.86. The number of rotatable bonds is 7. The number of fused-ring (bicyclic) bond motifs is 1. The Morgan fingerprint density at radius 1 is 1.30 bits per heavy atom. The number of ether oxygens (including phenoxy) is 1. The Kier molecular flexibility index (Phi) is 5.15. The average Bonchev–Trinajstić information content (AvgIpc) is 2.81. The Balaban J connectivity index is 2.30. The summed E-state index contributed by atoms with van der Waals surface area (Å²) in [6.07, 6.45) is 3.07. The molecule has 0 amide bonds. The molecule has 4 nitrogen and oxygen atoms in total. The van der Waals surface area contributed by atoms with Crippen molar-refractivity contribution in [3.63, 3.8) is 0 Å². The minimum absolute atomic E-state index is 0.277. The number of benzene rings is 1. The molecule has 1 N–H and O–H groups in total. The number of nitrogens with one attached hydrogen (secondary N) is 1. The Morgan fingerprint density at radius 3 is 2.75 bits per heavy atom. The lowest BCUT2D eigenvalue weighted by Crippen LogP contribution is -2.28. The minimum atomic E-state index is 0.277. The first-order chi connectivity index (χ1) is 9.67. The van der Waals surface area contributed by atoms with Gasteiger partial charge in [0.05, 0.1) is 30.0 Å². The fraction of sp³-hybridized carbons (Fsp3) is 0.562. The van der Waals surface area contributed by atoms with Crippen LogP contribution in [0.1, 0.15) is 30.5 Å². The maximum absolute atomic E-state index is 5.37. The molecule has 2 aromatic rings. The van der Waals surface area contributed by atoms with Crippen LogP contribution in [-0.2, 0) is 4.74 Å². The van der Waals surface area contributed by atoms with Gasteiger partial charge in [0.15, 0.2) is 0 Å². The van der Waals surface area contributed by atoms with Crippen LogP contribution in [0.4, 0.5) is 0 Å². The Hall–Kier alpha value is -1.39. The topological polar surface area (TPSA) is 39.1 Å². The van der Waals surface area contributed by atoms with Crippen LogP contribution in [0.3, 0.4) is 0 Å². The van der Waals surface area contributed by atoms with E-state index >= 15 is 0 Å². The monoisotopic (exact) mass is 275 g/mol. The van der Waals surface area contributed by atoms with Crippen molar-refractivity contribution in [1.82, 2.24) is 14.9 Å². The third-order valence-corrected chi connectivity index (χ3v) is 3.75. The summed E-state index contributed by atoms with van der Waals surface area (Å²) in [4.78, 5) is 4.53. The fourth-order valence-corrected chi connectivity index (χ4v) is 2.45. The molecule has 1 aromatic carbocycles. The first-order valence-corrected chi connectivity index (χ1v) is 7.30. The molecule has 0 spiro atoms. The molecule has 1 heterocycles. The van der Waals surface area contributed by atoms with E-state index in [1.807, 2.05) is 6.33 Å². The molecule has 0 aliphatic carbocycles. The summed E-state index contributed by atoms with van der Waals surface area (Å²) in [7, 11) is 1.75. The highest BCUT2D eigenvalue weighted by Gasteiger charge is 2.14. The molecular weight excluding hydrogens is 250 g/mol. The zero-order chi connectivity index (χ0) is 14.5. The summed E-state index contributed by atoms with van der Waals surface area (Å²) >= 11 is 0. The van der Waals surface area contributed by atoms with E-state index in [9.17, 15) is 0 Å². The largest absolute Gasteiger partial charge is 0.382 e. The number of aromatic nitrogens is 2. The molecule has 0 aliphatic rings.